The van der Waals surface area contributed by atoms with Gasteiger partial charge >= 0.3 is 0 Å². The number of hydrogen-bond acceptors (Lipinski definition) is 6. The largest absolute Gasteiger partial charge is 0.467 e. The number of para-hydroxylation sites is 1. The summed E-state index contributed by atoms with van der Waals surface area (Å²) in [4.78, 5) is 27.7. The number of carbonyl (C=O) groups excluding carboxylic acids is 2. The minimum Gasteiger partial charge on any atom is -0.467 e. The van der Waals surface area contributed by atoms with Crippen LogP contribution in [-0.4, -0.2) is 44.2 Å². The van der Waals surface area contributed by atoms with Gasteiger partial charge in [0.1, 0.15) is 11.8 Å². The average molecular weight is 449 g/mol. The average Bonchev–Trinajstić information content (AvgIpc) is 3.38. The highest BCUT2D eigenvalue weighted by Crippen LogP contribution is 2.20. The molecule has 2 heterocycles. The van der Waals surface area contributed by atoms with E-state index in [0.717, 1.165) is 37.7 Å². The Balaban J connectivity index is 1.34. The van der Waals surface area contributed by atoms with Gasteiger partial charge in [-0.25, -0.2) is 0 Å². The molecule has 0 spiro atoms. The second-order valence-corrected chi connectivity index (χ2v) is 7.81. The topological polar surface area (TPSA) is 95.8 Å². The number of ether oxygens (including phenoxy) is 1. The number of morpholine rings is 1. The van der Waals surface area contributed by atoms with E-state index < -0.39 is 6.04 Å². The van der Waals surface area contributed by atoms with E-state index in [4.69, 9.17) is 9.15 Å². The van der Waals surface area contributed by atoms with Crippen LogP contribution in [0.1, 0.15) is 23.0 Å². The van der Waals surface area contributed by atoms with Crippen molar-refractivity contribution in [2.45, 2.75) is 19.5 Å². The number of amides is 2. The molecule has 3 N–H and O–H groups in total. The zero-order chi connectivity index (χ0) is 23.0. The van der Waals surface area contributed by atoms with Crippen molar-refractivity contribution < 1.29 is 18.7 Å². The lowest BCUT2D eigenvalue weighted by Gasteiger charge is -2.29. The fourth-order valence-corrected chi connectivity index (χ4v) is 3.61. The van der Waals surface area contributed by atoms with Crippen LogP contribution in [0, 0.1) is 0 Å². The summed E-state index contributed by atoms with van der Waals surface area (Å²) in [5, 5.41) is 8.91. The van der Waals surface area contributed by atoms with Crippen molar-refractivity contribution in [3.05, 3.63) is 78.3 Å². The van der Waals surface area contributed by atoms with E-state index in [2.05, 4.69) is 20.9 Å². The molecule has 1 atom stereocenters. The molecule has 8 nitrogen and oxygen atoms in total. The van der Waals surface area contributed by atoms with E-state index in [9.17, 15) is 9.59 Å². The van der Waals surface area contributed by atoms with Crippen molar-refractivity contribution in [1.29, 1.82) is 0 Å². The van der Waals surface area contributed by atoms with Gasteiger partial charge in [-0.1, -0.05) is 12.1 Å². The number of anilines is 3. The van der Waals surface area contributed by atoms with Gasteiger partial charge in [0, 0.05) is 30.2 Å². The molecule has 3 aromatic rings. The Bertz CT molecular complexity index is 1060. The third-order valence-corrected chi connectivity index (χ3v) is 5.45. The van der Waals surface area contributed by atoms with Crippen LogP contribution in [0.15, 0.2) is 71.3 Å². The Kier molecular flexibility index (Phi) is 7.26. The maximum Gasteiger partial charge on any atom is 0.253 e. The third kappa shape index (κ3) is 5.93. The summed E-state index contributed by atoms with van der Waals surface area (Å²) >= 11 is 0. The molecule has 2 amide bonds. The minimum absolute atomic E-state index is 0.195. The van der Waals surface area contributed by atoms with Crippen LogP contribution < -0.4 is 20.9 Å². The molecule has 1 aliphatic rings. The molecule has 0 bridgehead atoms. The molecule has 172 valence electrons. The first-order valence-corrected chi connectivity index (χ1v) is 11.0. The maximum atomic E-state index is 12.8. The first kappa shape index (κ1) is 22.4. The van der Waals surface area contributed by atoms with E-state index in [1.54, 1.807) is 43.5 Å². The van der Waals surface area contributed by atoms with Crippen molar-refractivity contribution in [1.82, 2.24) is 5.32 Å². The summed E-state index contributed by atoms with van der Waals surface area (Å²) in [5.74, 6) is 0.224. The van der Waals surface area contributed by atoms with Crippen LogP contribution in [0.5, 0.6) is 0 Å². The molecule has 1 aliphatic heterocycles. The highest BCUT2D eigenvalue weighted by atomic mass is 16.5. The molecule has 33 heavy (non-hydrogen) atoms. The molecule has 1 fully saturated rings. The quantitative estimate of drug-likeness (QED) is 0.488. The van der Waals surface area contributed by atoms with E-state index in [1.165, 1.54) is 0 Å². The van der Waals surface area contributed by atoms with Gasteiger partial charge in [-0.3, -0.25) is 9.59 Å². The summed E-state index contributed by atoms with van der Waals surface area (Å²) in [6.45, 7) is 5.22. The summed E-state index contributed by atoms with van der Waals surface area (Å²) < 4.78 is 10.6. The minimum atomic E-state index is -0.553. The summed E-state index contributed by atoms with van der Waals surface area (Å²) in [7, 11) is 0. The van der Waals surface area contributed by atoms with Crippen LogP contribution >= 0.6 is 0 Å². The van der Waals surface area contributed by atoms with E-state index >= 15 is 0 Å². The summed E-state index contributed by atoms with van der Waals surface area (Å²) in [6, 6.07) is 17.9. The summed E-state index contributed by atoms with van der Waals surface area (Å²) in [5.41, 5.74) is 2.87. The molecule has 1 aromatic heterocycles. The van der Waals surface area contributed by atoms with Gasteiger partial charge in [0.15, 0.2) is 0 Å². The maximum absolute atomic E-state index is 12.8. The number of rotatable bonds is 8. The number of carbonyl (C=O) groups is 2. The van der Waals surface area contributed by atoms with Gasteiger partial charge in [-0.2, -0.15) is 0 Å². The number of nitrogens with one attached hydrogen (secondary N) is 3. The van der Waals surface area contributed by atoms with Crippen LogP contribution in [-0.2, 0) is 16.1 Å². The Hall–Kier alpha value is -3.78. The van der Waals surface area contributed by atoms with E-state index in [1.807, 2.05) is 30.3 Å². The lowest BCUT2D eigenvalue weighted by molar-refractivity contribution is -0.116. The molecule has 8 heteroatoms. The van der Waals surface area contributed by atoms with Gasteiger partial charge in [0.25, 0.3) is 5.91 Å². The van der Waals surface area contributed by atoms with E-state index in [0.29, 0.717) is 17.0 Å². The zero-order valence-electron chi connectivity index (χ0n) is 18.5. The number of hydrogen-bond donors (Lipinski definition) is 3. The number of benzene rings is 2. The Morgan fingerprint density at radius 1 is 1.00 bits per heavy atom. The van der Waals surface area contributed by atoms with Gasteiger partial charge in [-0.15, -0.1) is 0 Å². The lowest BCUT2D eigenvalue weighted by Crippen LogP contribution is -2.36. The fraction of sp³-hybridized carbons (Fsp3) is 0.280. The predicted molar refractivity (Wildman–Crippen MR) is 128 cm³/mol. The van der Waals surface area contributed by atoms with Gasteiger partial charge < -0.3 is 30.0 Å². The molecule has 1 saturated heterocycles. The summed E-state index contributed by atoms with van der Waals surface area (Å²) in [6.07, 6.45) is 1.56. The third-order valence-electron chi connectivity index (χ3n) is 5.45. The monoisotopic (exact) mass is 448 g/mol. The Morgan fingerprint density at radius 2 is 1.76 bits per heavy atom. The highest BCUT2D eigenvalue weighted by Gasteiger charge is 2.18. The molecule has 2 aromatic carbocycles. The number of furan rings is 1. The Morgan fingerprint density at radius 3 is 2.48 bits per heavy atom. The molecule has 4 rings (SSSR count). The lowest BCUT2D eigenvalue weighted by atomic mass is 10.1. The van der Waals surface area contributed by atoms with Crippen LogP contribution in [0.4, 0.5) is 17.1 Å². The number of nitrogens with zero attached hydrogens (tertiary/aromatic N) is 1. The van der Waals surface area contributed by atoms with Crippen molar-refractivity contribution in [3.63, 3.8) is 0 Å². The fourth-order valence-electron chi connectivity index (χ4n) is 3.61. The smallest absolute Gasteiger partial charge is 0.253 e. The standard InChI is InChI=1S/C25H28N4O4/c1-18(24(30)28-19-8-10-20(11-9-19)29-12-15-32-16-13-29)27-23-7-3-2-6-22(23)25(31)26-17-21-5-4-14-33-21/h2-11,14,18,27H,12-13,15-17H2,1H3,(H,26,31)(H,28,30). The second kappa shape index (κ2) is 10.7. The molecule has 1 unspecified atom stereocenters. The highest BCUT2D eigenvalue weighted by molar-refractivity contribution is 6.01. The molecule has 0 aliphatic carbocycles. The van der Waals surface area contributed by atoms with Gasteiger partial charge in [0.05, 0.1) is 31.6 Å². The molecular weight excluding hydrogens is 420 g/mol. The van der Waals surface area contributed by atoms with Crippen LogP contribution in [0.25, 0.3) is 0 Å². The molecule has 0 radical (unpaired) electrons. The zero-order valence-corrected chi connectivity index (χ0v) is 18.5. The molecular formula is C25H28N4O4. The van der Waals surface area contributed by atoms with Crippen molar-refractivity contribution in [2.75, 3.05) is 41.8 Å². The Labute approximate surface area is 192 Å². The second-order valence-electron chi connectivity index (χ2n) is 7.81. The first-order valence-electron chi connectivity index (χ1n) is 11.0. The van der Waals surface area contributed by atoms with Crippen molar-refractivity contribution in [3.8, 4) is 0 Å². The SMILES string of the molecule is CC(Nc1ccccc1C(=O)NCc1ccco1)C(=O)Nc1ccc(N2CCOCC2)cc1. The van der Waals surface area contributed by atoms with Crippen molar-refractivity contribution in [2.24, 2.45) is 0 Å². The predicted octanol–water partition coefficient (Wildman–Crippen LogP) is 3.49. The van der Waals surface area contributed by atoms with Gasteiger partial charge in [-0.05, 0) is 55.5 Å². The first-order chi connectivity index (χ1) is 16.1. The van der Waals surface area contributed by atoms with Crippen LogP contribution in [0.2, 0.25) is 0 Å². The normalized spacial score (nSPS) is 14.4. The van der Waals surface area contributed by atoms with Crippen LogP contribution in [0.3, 0.4) is 0 Å². The van der Waals surface area contributed by atoms with Gasteiger partial charge in [0.2, 0.25) is 5.91 Å². The molecule has 0 saturated carbocycles. The van der Waals surface area contributed by atoms with Crippen molar-refractivity contribution >= 4 is 28.9 Å². The van der Waals surface area contributed by atoms with E-state index in [-0.39, 0.29) is 18.4 Å².